The zero-order chi connectivity index (χ0) is 16.1. The molecule has 0 unspecified atom stereocenters. The summed E-state index contributed by atoms with van der Waals surface area (Å²) in [6, 6.07) is 5.11. The smallest absolute Gasteiger partial charge is 0.332 e. The number of hydrazone groups is 1. The van der Waals surface area contributed by atoms with Crippen LogP contribution in [0.1, 0.15) is 12.6 Å². The average molecular weight is 321 g/mol. The van der Waals surface area contributed by atoms with Gasteiger partial charge in [0.15, 0.2) is 5.13 Å². The Morgan fingerprint density at radius 2 is 2.18 bits per heavy atom. The summed E-state index contributed by atoms with van der Waals surface area (Å²) in [6.45, 7) is 1.32. The highest BCUT2D eigenvalue weighted by molar-refractivity contribution is 7.14. The molecule has 0 aliphatic carbocycles. The lowest BCUT2D eigenvalue weighted by Gasteiger charge is -2.18. The second kappa shape index (κ2) is 6.76. The summed E-state index contributed by atoms with van der Waals surface area (Å²) in [5.74, 6) is -0.906. The highest BCUT2D eigenvalue weighted by Gasteiger charge is 2.20. The van der Waals surface area contributed by atoms with Gasteiger partial charge in [-0.2, -0.15) is 5.10 Å². The van der Waals surface area contributed by atoms with Gasteiger partial charge in [-0.25, -0.2) is 19.6 Å². The Labute approximate surface area is 129 Å². The topological polar surface area (TPSA) is 101 Å². The van der Waals surface area contributed by atoms with E-state index in [0.717, 1.165) is 11.3 Å². The average Bonchev–Trinajstić information content (AvgIpc) is 2.89. The second-order valence-corrected chi connectivity index (χ2v) is 4.93. The minimum Gasteiger partial charge on any atom is -0.350 e. The van der Waals surface area contributed by atoms with E-state index in [1.54, 1.807) is 11.4 Å². The van der Waals surface area contributed by atoms with Gasteiger partial charge < -0.3 is 5.73 Å². The molecule has 0 atom stereocenters. The summed E-state index contributed by atoms with van der Waals surface area (Å²) < 4.78 is 13.9. The Balaban J connectivity index is 2.30. The molecule has 0 bridgehead atoms. The minimum atomic E-state index is -0.802. The summed E-state index contributed by atoms with van der Waals surface area (Å²) in [7, 11) is 0. The predicted molar refractivity (Wildman–Crippen MR) is 81.6 cm³/mol. The van der Waals surface area contributed by atoms with E-state index in [2.05, 4.69) is 10.1 Å². The second-order valence-electron chi connectivity index (χ2n) is 4.10. The zero-order valence-electron chi connectivity index (χ0n) is 11.5. The van der Waals surface area contributed by atoms with Gasteiger partial charge in [-0.05, 0) is 12.1 Å². The molecule has 0 spiro atoms. The molecule has 0 radical (unpaired) electrons. The van der Waals surface area contributed by atoms with Crippen molar-refractivity contribution in [3.05, 3.63) is 41.2 Å². The van der Waals surface area contributed by atoms with Gasteiger partial charge in [-0.15, -0.1) is 11.3 Å². The van der Waals surface area contributed by atoms with Gasteiger partial charge in [-0.1, -0.05) is 12.1 Å². The number of aromatic nitrogens is 1. The summed E-state index contributed by atoms with van der Waals surface area (Å²) in [4.78, 5) is 27.7. The van der Waals surface area contributed by atoms with Crippen LogP contribution in [0, 0.1) is 5.82 Å². The lowest BCUT2D eigenvalue weighted by molar-refractivity contribution is -0.115. The Bertz CT molecular complexity index is 731. The van der Waals surface area contributed by atoms with E-state index < -0.39 is 11.8 Å². The SMILES string of the molecule is CC(=O)N(c1nc(/C=N\NC(N)=O)cs1)c1ccccc1F. The van der Waals surface area contributed by atoms with Crippen molar-refractivity contribution >= 4 is 40.3 Å². The van der Waals surface area contributed by atoms with Gasteiger partial charge in [0.05, 0.1) is 17.6 Å². The summed E-state index contributed by atoms with van der Waals surface area (Å²) in [6.07, 6.45) is 1.27. The quantitative estimate of drug-likeness (QED) is 0.665. The predicted octanol–water partition coefficient (Wildman–Crippen LogP) is 1.97. The molecule has 3 N–H and O–H groups in total. The summed E-state index contributed by atoms with van der Waals surface area (Å²) in [5, 5.41) is 5.47. The number of nitrogens with zero attached hydrogens (tertiary/aromatic N) is 3. The van der Waals surface area contributed by atoms with E-state index in [1.165, 1.54) is 36.2 Å². The first-order valence-corrected chi connectivity index (χ1v) is 6.96. The maximum atomic E-state index is 13.9. The van der Waals surface area contributed by atoms with Crippen LogP contribution in [0.2, 0.25) is 0 Å². The number of anilines is 2. The number of urea groups is 1. The van der Waals surface area contributed by atoms with Crippen LogP contribution < -0.4 is 16.1 Å². The Kier molecular flexibility index (Phi) is 4.79. The highest BCUT2D eigenvalue weighted by Crippen LogP contribution is 2.30. The van der Waals surface area contributed by atoms with E-state index in [9.17, 15) is 14.0 Å². The fourth-order valence-corrected chi connectivity index (χ4v) is 2.47. The Hall–Kier alpha value is -2.81. The first kappa shape index (κ1) is 15.6. The van der Waals surface area contributed by atoms with Crippen LogP contribution in [0.5, 0.6) is 0 Å². The van der Waals surface area contributed by atoms with Crippen LogP contribution >= 0.6 is 11.3 Å². The van der Waals surface area contributed by atoms with E-state index in [1.807, 2.05) is 5.43 Å². The molecule has 22 heavy (non-hydrogen) atoms. The number of hydrogen-bond donors (Lipinski definition) is 2. The number of carbonyl (C=O) groups excluding carboxylic acids is 2. The number of thiazole rings is 1. The summed E-state index contributed by atoms with van der Waals surface area (Å²) >= 11 is 1.14. The molecule has 1 aromatic carbocycles. The van der Waals surface area contributed by atoms with Gasteiger partial charge in [0, 0.05) is 12.3 Å². The number of benzene rings is 1. The Morgan fingerprint density at radius 1 is 1.45 bits per heavy atom. The van der Waals surface area contributed by atoms with Crippen LogP contribution in [0.25, 0.3) is 0 Å². The fraction of sp³-hybridized carbons (Fsp3) is 0.0769. The monoisotopic (exact) mass is 321 g/mol. The highest BCUT2D eigenvalue weighted by atomic mass is 32.1. The third-order valence-electron chi connectivity index (χ3n) is 2.48. The van der Waals surface area contributed by atoms with Crippen LogP contribution in [0.15, 0.2) is 34.7 Å². The van der Waals surface area contributed by atoms with Crippen LogP contribution in [-0.4, -0.2) is 23.1 Å². The normalized spacial score (nSPS) is 10.6. The van der Waals surface area contributed by atoms with Crippen molar-refractivity contribution in [2.45, 2.75) is 6.92 Å². The van der Waals surface area contributed by atoms with Gasteiger partial charge in [0.25, 0.3) is 0 Å². The first-order valence-electron chi connectivity index (χ1n) is 6.08. The van der Waals surface area contributed by atoms with Crippen molar-refractivity contribution in [2.24, 2.45) is 10.8 Å². The third-order valence-corrected chi connectivity index (χ3v) is 3.32. The molecule has 0 saturated heterocycles. The largest absolute Gasteiger partial charge is 0.350 e. The fourth-order valence-electron chi connectivity index (χ4n) is 1.64. The van der Waals surface area contributed by atoms with Gasteiger partial charge >= 0.3 is 6.03 Å². The molecular formula is C13H12FN5O2S. The van der Waals surface area contributed by atoms with Crippen LogP contribution in [-0.2, 0) is 4.79 Å². The maximum Gasteiger partial charge on any atom is 0.332 e. The number of nitrogens with two attached hydrogens (primary N) is 1. The molecule has 7 nitrogen and oxygen atoms in total. The lowest BCUT2D eigenvalue weighted by Crippen LogP contribution is -2.24. The van der Waals surface area contributed by atoms with Crippen LogP contribution in [0.4, 0.5) is 20.0 Å². The molecule has 9 heteroatoms. The molecule has 0 fully saturated rings. The standard InChI is InChI=1S/C13H12FN5O2S/c1-8(20)19(11-5-3-2-4-10(11)14)13-17-9(7-22-13)6-16-18-12(15)21/h2-7H,1H3,(H3,15,18,21)/b16-6-. The van der Waals surface area contributed by atoms with Crippen molar-refractivity contribution in [1.82, 2.24) is 10.4 Å². The van der Waals surface area contributed by atoms with Gasteiger partial charge in [0.1, 0.15) is 5.82 Å². The van der Waals surface area contributed by atoms with E-state index in [4.69, 9.17) is 5.73 Å². The molecule has 0 saturated carbocycles. The number of rotatable bonds is 4. The van der Waals surface area contributed by atoms with Crippen molar-refractivity contribution in [3.63, 3.8) is 0 Å². The number of amides is 3. The number of halogens is 1. The molecule has 2 aromatic rings. The molecule has 0 aliphatic rings. The molecule has 114 valence electrons. The Morgan fingerprint density at radius 3 is 2.82 bits per heavy atom. The third kappa shape index (κ3) is 3.64. The molecule has 0 aliphatic heterocycles. The number of primary amides is 1. The van der Waals surface area contributed by atoms with Crippen molar-refractivity contribution in [3.8, 4) is 0 Å². The molecule has 1 heterocycles. The van der Waals surface area contributed by atoms with E-state index >= 15 is 0 Å². The zero-order valence-corrected chi connectivity index (χ0v) is 12.3. The van der Waals surface area contributed by atoms with Crippen LogP contribution in [0.3, 0.4) is 0 Å². The maximum absolute atomic E-state index is 13.9. The molecular weight excluding hydrogens is 309 g/mol. The van der Waals surface area contributed by atoms with Gasteiger partial charge in [-0.3, -0.25) is 9.69 Å². The molecule has 1 aromatic heterocycles. The minimum absolute atomic E-state index is 0.114. The number of carbonyl (C=O) groups is 2. The summed E-state index contributed by atoms with van der Waals surface area (Å²) in [5.41, 5.74) is 7.41. The van der Waals surface area contributed by atoms with Crippen molar-refractivity contribution in [1.29, 1.82) is 0 Å². The van der Waals surface area contributed by atoms with Crippen molar-refractivity contribution < 1.29 is 14.0 Å². The number of hydrogen-bond acceptors (Lipinski definition) is 5. The van der Waals surface area contributed by atoms with Crippen molar-refractivity contribution in [2.75, 3.05) is 4.90 Å². The first-order chi connectivity index (χ1) is 10.5. The lowest BCUT2D eigenvalue weighted by atomic mass is 10.3. The number of nitrogens with one attached hydrogen (secondary N) is 1. The van der Waals surface area contributed by atoms with E-state index in [0.29, 0.717) is 5.69 Å². The molecule has 3 amide bonds. The number of para-hydroxylation sites is 1. The molecule has 2 rings (SSSR count). The van der Waals surface area contributed by atoms with E-state index in [-0.39, 0.29) is 16.7 Å². The van der Waals surface area contributed by atoms with Gasteiger partial charge in [0.2, 0.25) is 5.91 Å².